The van der Waals surface area contributed by atoms with E-state index in [1.165, 1.54) is 12.1 Å². The molecule has 0 amide bonds. The van der Waals surface area contributed by atoms with Crippen LogP contribution < -0.4 is 0 Å². The second-order valence-corrected chi connectivity index (χ2v) is 5.59. The molecule has 0 saturated carbocycles. The average Bonchev–Trinajstić information content (AvgIpc) is 2.61. The van der Waals surface area contributed by atoms with E-state index < -0.39 is 11.9 Å². The molecule has 0 atom stereocenters. The summed E-state index contributed by atoms with van der Waals surface area (Å²) in [6.45, 7) is 4.82. The highest BCUT2D eigenvalue weighted by molar-refractivity contribution is 6.03. The first-order valence-corrected chi connectivity index (χ1v) is 8.58. The summed E-state index contributed by atoms with van der Waals surface area (Å²) in [7, 11) is 0. The van der Waals surface area contributed by atoms with Gasteiger partial charge in [-0.3, -0.25) is 0 Å². The molecule has 0 aliphatic carbocycles. The zero-order chi connectivity index (χ0) is 17.8. The molecule has 130 valence electrons. The molecule has 0 aromatic heterocycles. The van der Waals surface area contributed by atoms with Crippen molar-refractivity contribution < 1.29 is 19.1 Å². The van der Waals surface area contributed by atoms with Gasteiger partial charge in [0.2, 0.25) is 0 Å². The molecule has 4 nitrogen and oxygen atoms in total. The Morgan fingerprint density at radius 1 is 0.917 bits per heavy atom. The highest BCUT2D eigenvalue weighted by Crippen LogP contribution is 2.15. The fourth-order valence-electron chi connectivity index (χ4n) is 2.17. The van der Waals surface area contributed by atoms with E-state index in [2.05, 4.69) is 19.8 Å². The van der Waals surface area contributed by atoms with Crippen LogP contribution in [0.5, 0.6) is 0 Å². The van der Waals surface area contributed by atoms with Crippen molar-refractivity contribution in [1.29, 1.82) is 0 Å². The molecule has 0 bridgehead atoms. The molecule has 0 heterocycles. The lowest BCUT2D eigenvalue weighted by Crippen LogP contribution is -2.15. The summed E-state index contributed by atoms with van der Waals surface area (Å²) in [5.41, 5.74) is 0.895. The maximum absolute atomic E-state index is 12.3. The van der Waals surface area contributed by atoms with Gasteiger partial charge < -0.3 is 9.47 Å². The van der Waals surface area contributed by atoms with Gasteiger partial charge in [-0.2, -0.15) is 0 Å². The third-order valence-electron chi connectivity index (χ3n) is 3.59. The van der Waals surface area contributed by atoms with E-state index in [-0.39, 0.29) is 11.1 Å². The van der Waals surface area contributed by atoms with Gasteiger partial charge in [0.1, 0.15) is 0 Å². The SMILES string of the molecule is C#Cc1ccc(C(=O)OCCCCC)c(C(=O)OCCCCC)c1. The minimum atomic E-state index is -0.538. The van der Waals surface area contributed by atoms with Crippen molar-refractivity contribution in [3.05, 3.63) is 34.9 Å². The van der Waals surface area contributed by atoms with Gasteiger partial charge in [0.15, 0.2) is 0 Å². The summed E-state index contributed by atoms with van der Waals surface area (Å²) in [5, 5.41) is 0. The van der Waals surface area contributed by atoms with Crippen LogP contribution in [-0.2, 0) is 9.47 Å². The molecular formula is C20H26O4. The lowest BCUT2D eigenvalue weighted by atomic mass is 10.0. The standard InChI is InChI=1S/C20H26O4/c1-4-7-9-13-23-19(21)17-12-11-16(6-3)15-18(17)20(22)24-14-10-8-5-2/h3,11-12,15H,4-5,7-10,13-14H2,1-2H3. The summed E-state index contributed by atoms with van der Waals surface area (Å²) in [5.74, 6) is 1.41. The normalized spacial score (nSPS) is 10.0. The fraction of sp³-hybridized carbons (Fsp3) is 0.500. The summed E-state index contributed by atoms with van der Waals surface area (Å²) in [6.07, 6.45) is 11.1. The van der Waals surface area contributed by atoms with Crippen LogP contribution in [0.1, 0.15) is 78.7 Å². The van der Waals surface area contributed by atoms with Crippen LogP contribution in [0.3, 0.4) is 0 Å². The number of carbonyl (C=O) groups is 2. The van der Waals surface area contributed by atoms with Crippen molar-refractivity contribution in [2.45, 2.75) is 52.4 Å². The minimum absolute atomic E-state index is 0.169. The van der Waals surface area contributed by atoms with E-state index in [9.17, 15) is 9.59 Å². The average molecular weight is 330 g/mol. The Morgan fingerprint density at radius 3 is 1.96 bits per heavy atom. The Bertz CT molecular complexity index is 584. The van der Waals surface area contributed by atoms with Crippen LogP contribution in [0.2, 0.25) is 0 Å². The molecule has 1 aromatic rings. The number of esters is 2. The van der Waals surface area contributed by atoms with Crippen LogP contribution in [-0.4, -0.2) is 25.2 Å². The van der Waals surface area contributed by atoms with Crippen LogP contribution in [0.25, 0.3) is 0 Å². The highest BCUT2D eigenvalue weighted by atomic mass is 16.5. The zero-order valence-electron chi connectivity index (χ0n) is 14.6. The van der Waals surface area contributed by atoms with Gasteiger partial charge in [-0.1, -0.05) is 45.5 Å². The number of hydrogen-bond acceptors (Lipinski definition) is 4. The van der Waals surface area contributed by atoms with Crippen molar-refractivity contribution in [3.8, 4) is 12.3 Å². The second kappa shape index (κ2) is 11.3. The third-order valence-corrected chi connectivity index (χ3v) is 3.59. The molecule has 0 N–H and O–H groups in total. The molecule has 0 unspecified atom stereocenters. The Morgan fingerprint density at radius 2 is 1.46 bits per heavy atom. The lowest BCUT2D eigenvalue weighted by molar-refractivity contribution is 0.0451. The maximum atomic E-state index is 12.3. The first kappa shape index (κ1) is 19.8. The van der Waals surface area contributed by atoms with Gasteiger partial charge in [0, 0.05) is 5.56 Å². The van der Waals surface area contributed by atoms with Crippen molar-refractivity contribution >= 4 is 11.9 Å². The predicted molar refractivity (Wildman–Crippen MR) is 94.0 cm³/mol. The number of ether oxygens (including phenoxy) is 2. The summed E-state index contributed by atoms with van der Waals surface area (Å²) in [4.78, 5) is 24.5. The largest absolute Gasteiger partial charge is 0.462 e. The van der Waals surface area contributed by atoms with E-state index in [0.29, 0.717) is 18.8 Å². The number of terminal acetylenes is 1. The molecule has 24 heavy (non-hydrogen) atoms. The second-order valence-electron chi connectivity index (χ2n) is 5.59. The number of unbranched alkanes of at least 4 members (excludes halogenated alkanes) is 4. The number of benzene rings is 1. The zero-order valence-corrected chi connectivity index (χ0v) is 14.6. The van der Waals surface area contributed by atoms with Crippen molar-refractivity contribution in [1.82, 2.24) is 0 Å². The van der Waals surface area contributed by atoms with Crippen molar-refractivity contribution in [3.63, 3.8) is 0 Å². The first-order chi connectivity index (χ1) is 11.6. The molecule has 1 aromatic carbocycles. The first-order valence-electron chi connectivity index (χ1n) is 8.58. The molecule has 0 aliphatic heterocycles. The molecule has 1 rings (SSSR count). The minimum Gasteiger partial charge on any atom is -0.462 e. The number of carbonyl (C=O) groups excluding carboxylic acids is 2. The molecule has 0 radical (unpaired) electrons. The molecule has 0 aliphatic rings. The van der Waals surface area contributed by atoms with E-state index in [1.807, 2.05) is 0 Å². The van der Waals surface area contributed by atoms with Crippen LogP contribution in [0.15, 0.2) is 18.2 Å². The van der Waals surface area contributed by atoms with Crippen LogP contribution in [0, 0.1) is 12.3 Å². The molecule has 0 spiro atoms. The number of hydrogen-bond donors (Lipinski definition) is 0. The van der Waals surface area contributed by atoms with E-state index in [4.69, 9.17) is 15.9 Å². The maximum Gasteiger partial charge on any atom is 0.339 e. The van der Waals surface area contributed by atoms with E-state index in [1.54, 1.807) is 6.07 Å². The monoisotopic (exact) mass is 330 g/mol. The molecular weight excluding hydrogens is 304 g/mol. The summed E-state index contributed by atoms with van der Waals surface area (Å²) in [6, 6.07) is 4.65. The van der Waals surface area contributed by atoms with Crippen molar-refractivity contribution in [2.75, 3.05) is 13.2 Å². The van der Waals surface area contributed by atoms with Gasteiger partial charge in [0.25, 0.3) is 0 Å². The smallest absolute Gasteiger partial charge is 0.339 e. The topological polar surface area (TPSA) is 52.6 Å². The third kappa shape index (κ3) is 6.45. The molecule has 0 saturated heterocycles. The van der Waals surface area contributed by atoms with Gasteiger partial charge in [0.05, 0.1) is 24.3 Å². The van der Waals surface area contributed by atoms with Crippen LogP contribution >= 0.6 is 0 Å². The van der Waals surface area contributed by atoms with Gasteiger partial charge >= 0.3 is 11.9 Å². The molecule has 0 fully saturated rings. The van der Waals surface area contributed by atoms with Crippen LogP contribution in [0.4, 0.5) is 0 Å². The van der Waals surface area contributed by atoms with E-state index in [0.717, 1.165) is 38.5 Å². The van der Waals surface area contributed by atoms with Crippen molar-refractivity contribution in [2.24, 2.45) is 0 Å². The van der Waals surface area contributed by atoms with Gasteiger partial charge in [-0.05, 0) is 31.0 Å². The molecule has 4 heteroatoms. The Kier molecular flexibility index (Phi) is 9.29. The summed E-state index contributed by atoms with van der Waals surface area (Å²) < 4.78 is 10.5. The van der Waals surface area contributed by atoms with Gasteiger partial charge in [-0.15, -0.1) is 6.42 Å². The quantitative estimate of drug-likeness (QED) is 0.363. The van der Waals surface area contributed by atoms with E-state index >= 15 is 0 Å². The lowest BCUT2D eigenvalue weighted by Gasteiger charge is -2.10. The summed E-state index contributed by atoms with van der Waals surface area (Å²) >= 11 is 0. The predicted octanol–water partition coefficient (Wildman–Crippen LogP) is 4.36. The van der Waals surface area contributed by atoms with Gasteiger partial charge in [-0.25, -0.2) is 9.59 Å². The number of rotatable bonds is 10. The Balaban J connectivity index is 2.81. The Labute approximate surface area is 144 Å². The Hall–Kier alpha value is -2.28. The highest BCUT2D eigenvalue weighted by Gasteiger charge is 2.20. The fourth-order valence-corrected chi connectivity index (χ4v) is 2.17.